The van der Waals surface area contributed by atoms with Crippen molar-refractivity contribution in [1.82, 2.24) is 4.90 Å². The van der Waals surface area contributed by atoms with Gasteiger partial charge in [-0.25, -0.2) is 0 Å². The molecule has 0 fully saturated rings. The molecule has 0 unspecified atom stereocenters. The molecule has 0 radical (unpaired) electrons. The van der Waals surface area contributed by atoms with Crippen molar-refractivity contribution in [3.63, 3.8) is 0 Å². The van der Waals surface area contributed by atoms with Crippen molar-refractivity contribution in [1.29, 1.82) is 0 Å². The highest BCUT2D eigenvalue weighted by molar-refractivity contribution is 6.29. The van der Waals surface area contributed by atoms with Crippen LogP contribution >= 0.6 is 11.6 Å². The van der Waals surface area contributed by atoms with Gasteiger partial charge in [0, 0.05) is 31.2 Å². The van der Waals surface area contributed by atoms with Crippen LogP contribution in [0.4, 0.5) is 0 Å². The molecule has 0 N–H and O–H groups in total. The summed E-state index contributed by atoms with van der Waals surface area (Å²) in [7, 11) is 2.02. The van der Waals surface area contributed by atoms with Crippen molar-refractivity contribution >= 4 is 11.6 Å². The summed E-state index contributed by atoms with van der Waals surface area (Å²) in [6.45, 7) is 1.08. The zero-order valence-electron chi connectivity index (χ0n) is 7.78. The molecule has 0 saturated heterocycles. The number of halogens is 1. The third kappa shape index (κ3) is 4.58. The lowest BCUT2D eigenvalue weighted by molar-refractivity contribution is 0.496. The molecule has 0 aliphatic carbocycles. The van der Waals surface area contributed by atoms with Crippen LogP contribution in [0.2, 0.25) is 0 Å². The van der Waals surface area contributed by atoms with E-state index in [1.54, 1.807) is 0 Å². The Hall–Kier alpha value is -0.950. The Morgan fingerprint density at radius 2 is 1.54 bits per heavy atom. The van der Waals surface area contributed by atoms with Crippen LogP contribution < -0.4 is 0 Å². The summed E-state index contributed by atoms with van der Waals surface area (Å²) >= 11 is 5.63. The average Bonchev–Trinajstić information content (AvgIpc) is 2.54. The van der Waals surface area contributed by atoms with Gasteiger partial charge >= 0.3 is 0 Å². The first-order chi connectivity index (χ1) is 6.29. The summed E-state index contributed by atoms with van der Waals surface area (Å²) in [5.41, 5.74) is 0. The van der Waals surface area contributed by atoms with Gasteiger partial charge < -0.3 is 4.90 Å². The van der Waals surface area contributed by atoms with Gasteiger partial charge in [-0.1, -0.05) is 48.0 Å². The van der Waals surface area contributed by atoms with E-state index in [0.717, 1.165) is 18.0 Å². The molecule has 0 amide bonds. The highest BCUT2D eigenvalue weighted by atomic mass is 35.5. The van der Waals surface area contributed by atoms with Gasteiger partial charge in [0.25, 0.3) is 0 Å². The summed E-state index contributed by atoms with van der Waals surface area (Å²) in [6.07, 6.45) is 2.99. The Balaban J connectivity index is 0.000000132. The third-order valence-corrected chi connectivity index (χ3v) is 2.02. The minimum absolute atomic E-state index is 0.975. The molecule has 1 aliphatic heterocycles. The standard InChI is InChI=1S/C6H6.C5H8ClN/c1-2-4-6-5-3-1;1-7-3-2-5(6)4-7/h1-6H;4H,2-3H2,1H3. The second-order valence-corrected chi connectivity index (χ2v) is 3.45. The smallest absolute Gasteiger partial charge is 0.0356 e. The Morgan fingerprint density at radius 3 is 1.69 bits per heavy atom. The molecule has 1 aliphatic rings. The lowest BCUT2D eigenvalue weighted by Crippen LogP contribution is -2.04. The number of hydrogen-bond acceptors (Lipinski definition) is 1. The molecule has 70 valence electrons. The second kappa shape index (κ2) is 5.65. The van der Waals surface area contributed by atoms with E-state index in [9.17, 15) is 0 Å². The molecule has 0 bridgehead atoms. The minimum atomic E-state index is 0.975. The van der Waals surface area contributed by atoms with Crippen LogP contribution in [0.1, 0.15) is 6.42 Å². The molecular formula is C11H14ClN. The number of rotatable bonds is 0. The van der Waals surface area contributed by atoms with E-state index in [2.05, 4.69) is 4.90 Å². The van der Waals surface area contributed by atoms with Gasteiger partial charge in [-0.3, -0.25) is 0 Å². The average molecular weight is 196 g/mol. The quantitative estimate of drug-likeness (QED) is 0.615. The van der Waals surface area contributed by atoms with Crippen LogP contribution in [0, 0.1) is 0 Å². The fraction of sp³-hybridized carbons (Fsp3) is 0.273. The number of hydrogen-bond donors (Lipinski definition) is 0. The van der Waals surface area contributed by atoms with Crippen molar-refractivity contribution in [2.24, 2.45) is 0 Å². The monoisotopic (exact) mass is 195 g/mol. The van der Waals surface area contributed by atoms with Crippen molar-refractivity contribution in [3.8, 4) is 0 Å². The van der Waals surface area contributed by atoms with Gasteiger partial charge in [-0.05, 0) is 0 Å². The molecule has 0 spiro atoms. The van der Waals surface area contributed by atoms with Crippen molar-refractivity contribution in [2.45, 2.75) is 6.42 Å². The summed E-state index contributed by atoms with van der Waals surface area (Å²) in [5, 5.41) is 0.975. The van der Waals surface area contributed by atoms with Gasteiger partial charge in [0.1, 0.15) is 0 Å². The SMILES string of the molecule is CN1C=C(Cl)CC1.c1ccccc1. The van der Waals surface area contributed by atoms with Crippen molar-refractivity contribution < 1.29 is 0 Å². The van der Waals surface area contributed by atoms with Gasteiger partial charge in [-0.15, -0.1) is 0 Å². The second-order valence-electron chi connectivity index (χ2n) is 2.96. The lowest BCUT2D eigenvalue weighted by atomic mass is 10.4. The molecule has 0 atom stereocenters. The molecule has 1 nitrogen and oxygen atoms in total. The predicted octanol–water partition coefficient (Wildman–Crippen LogP) is 3.09. The molecule has 0 saturated carbocycles. The maximum atomic E-state index is 5.63. The first-order valence-corrected chi connectivity index (χ1v) is 4.73. The summed E-state index contributed by atoms with van der Waals surface area (Å²) in [5.74, 6) is 0. The topological polar surface area (TPSA) is 3.24 Å². The Bertz CT molecular complexity index is 229. The molecule has 2 heteroatoms. The Morgan fingerprint density at radius 1 is 1.08 bits per heavy atom. The van der Waals surface area contributed by atoms with Crippen molar-refractivity contribution in [3.05, 3.63) is 47.6 Å². The predicted molar refractivity (Wildman–Crippen MR) is 57.6 cm³/mol. The van der Waals surface area contributed by atoms with Crippen LogP contribution in [0.5, 0.6) is 0 Å². The van der Waals surface area contributed by atoms with Crippen LogP contribution in [0.3, 0.4) is 0 Å². The third-order valence-electron chi connectivity index (χ3n) is 1.73. The highest BCUT2D eigenvalue weighted by Gasteiger charge is 2.03. The highest BCUT2D eigenvalue weighted by Crippen LogP contribution is 2.14. The van der Waals surface area contributed by atoms with E-state index in [1.807, 2.05) is 49.6 Å². The summed E-state index contributed by atoms with van der Waals surface area (Å²) in [6, 6.07) is 12.0. The first kappa shape index (κ1) is 10.1. The maximum absolute atomic E-state index is 5.63. The van der Waals surface area contributed by atoms with E-state index < -0.39 is 0 Å². The van der Waals surface area contributed by atoms with Crippen LogP contribution in [-0.2, 0) is 0 Å². The fourth-order valence-corrected chi connectivity index (χ4v) is 1.29. The zero-order chi connectivity index (χ0) is 9.52. The van der Waals surface area contributed by atoms with Crippen LogP contribution in [0.25, 0.3) is 0 Å². The van der Waals surface area contributed by atoms with Gasteiger partial charge in [0.05, 0.1) is 0 Å². The minimum Gasteiger partial charge on any atom is -0.379 e. The normalized spacial score (nSPS) is 14.6. The van der Waals surface area contributed by atoms with Gasteiger partial charge in [0.15, 0.2) is 0 Å². The van der Waals surface area contributed by atoms with Gasteiger partial charge in [0.2, 0.25) is 0 Å². The number of benzene rings is 1. The molecule has 2 rings (SSSR count). The van der Waals surface area contributed by atoms with Crippen LogP contribution in [0.15, 0.2) is 47.6 Å². The van der Waals surface area contributed by atoms with Crippen LogP contribution in [-0.4, -0.2) is 18.5 Å². The van der Waals surface area contributed by atoms with E-state index in [-0.39, 0.29) is 0 Å². The van der Waals surface area contributed by atoms with Gasteiger partial charge in [-0.2, -0.15) is 0 Å². The zero-order valence-corrected chi connectivity index (χ0v) is 8.54. The molecule has 1 aromatic rings. The maximum Gasteiger partial charge on any atom is 0.0356 e. The molecular weight excluding hydrogens is 182 g/mol. The molecule has 0 aromatic heterocycles. The van der Waals surface area contributed by atoms with E-state index in [1.165, 1.54) is 0 Å². The summed E-state index contributed by atoms with van der Waals surface area (Å²) < 4.78 is 0. The Kier molecular flexibility index (Phi) is 4.41. The first-order valence-electron chi connectivity index (χ1n) is 4.35. The summed E-state index contributed by atoms with van der Waals surface area (Å²) in [4.78, 5) is 2.09. The van der Waals surface area contributed by atoms with E-state index >= 15 is 0 Å². The van der Waals surface area contributed by atoms with Crippen molar-refractivity contribution in [2.75, 3.05) is 13.6 Å². The lowest BCUT2D eigenvalue weighted by Gasteiger charge is -2.02. The fourth-order valence-electron chi connectivity index (χ4n) is 1.04. The number of nitrogens with zero attached hydrogens (tertiary/aromatic N) is 1. The largest absolute Gasteiger partial charge is 0.379 e. The Labute approximate surface area is 84.6 Å². The molecule has 1 aromatic carbocycles. The molecule has 1 heterocycles. The van der Waals surface area contributed by atoms with E-state index in [4.69, 9.17) is 11.6 Å². The van der Waals surface area contributed by atoms with E-state index in [0.29, 0.717) is 0 Å². The molecule has 13 heavy (non-hydrogen) atoms.